The van der Waals surface area contributed by atoms with Gasteiger partial charge < -0.3 is 5.32 Å². The topological polar surface area (TPSA) is 15.3 Å². The average Bonchev–Trinajstić information content (AvgIpc) is 2.88. The summed E-state index contributed by atoms with van der Waals surface area (Å²) in [6.07, 6.45) is 1.07. The molecule has 0 amide bonds. The predicted molar refractivity (Wildman–Crippen MR) is 95.4 cm³/mol. The maximum atomic E-state index is 3.56. The minimum atomic E-state index is 0.140. The molecule has 2 aromatic rings. The molecule has 2 rings (SSSR count). The van der Waals surface area contributed by atoms with Gasteiger partial charge in [0.2, 0.25) is 0 Å². The molecule has 0 fully saturated rings. The minimum absolute atomic E-state index is 0.140. The average molecular weight is 305 g/mol. The van der Waals surface area contributed by atoms with Crippen molar-refractivity contribution in [3.63, 3.8) is 0 Å². The smallest absolute Gasteiger partial charge is 0.0345 e. The first-order chi connectivity index (χ1) is 10.0. The number of nitrogens with one attached hydrogen (secondary N) is 1. The minimum Gasteiger partial charge on any atom is -0.315 e. The quantitative estimate of drug-likeness (QED) is 0.826. The van der Waals surface area contributed by atoms with E-state index in [1.807, 2.05) is 11.3 Å². The van der Waals surface area contributed by atoms with Crippen LogP contribution in [0, 0.1) is 0 Å². The van der Waals surface area contributed by atoms with Gasteiger partial charge in [-0.05, 0) is 62.8 Å². The van der Waals surface area contributed by atoms with Crippen LogP contribution >= 0.6 is 11.3 Å². The summed E-state index contributed by atoms with van der Waals surface area (Å²) in [7, 11) is 2.09. The van der Waals surface area contributed by atoms with Crippen molar-refractivity contribution in [2.45, 2.75) is 45.7 Å². The second-order valence-corrected chi connectivity index (χ2v) is 7.04. The molecule has 0 saturated heterocycles. The Balaban J connectivity index is 2.26. The highest BCUT2D eigenvalue weighted by Crippen LogP contribution is 2.29. The Labute approximate surface area is 133 Å². The Hall–Kier alpha value is -0.900. The second kappa shape index (κ2) is 6.91. The van der Waals surface area contributed by atoms with E-state index >= 15 is 0 Å². The molecule has 1 unspecified atom stereocenters. The van der Waals surface area contributed by atoms with Crippen molar-refractivity contribution in [2.75, 3.05) is 20.1 Å². The third kappa shape index (κ3) is 3.31. The number of hydrogen-bond donors (Lipinski definition) is 1. The van der Waals surface area contributed by atoms with Gasteiger partial charge in [-0.15, -0.1) is 11.3 Å². The Bertz CT molecular complexity index is 569. The summed E-state index contributed by atoms with van der Waals surface area (Å²) < 4.78 is 1.39. The van der Waals surface area contributed by atoms with Crippen molar-refractivity contribution in [3.05, 3.63) is 35.2 Å². The molecule has 0 bridgehead atoms. The lowest BCUT2D eigenvalue weighted by Crippen LogP contribution is -2.57. The summed E-state index contributed by atoms with van der Waals surface area (Å²) in [4.78, 5) is 2.54. The number of thiophene rings is 1. The molecule has 0 aliphatic carbocycles. The number of nitrogens with zero attached hydrogens (tertiary/aromatic N) is 1. The summed E-state index contributed by atoms with van der Waals surface area (Å²) in [6, 6.07) is 9.17. The van der Waals surface area contributed by atoms with Crippen LogP contribution in [0.1, 0.15) is 33.3 Å². The number of rotatable bonds is 7. The third-order valence-electron chi connectivity index (χ3n) is 4.76. The molecule has 116 valence electrons. The van der Waals surface area contributed by atoms with Gasteiger partial charge in [0.25, 0.3) is 0 Å². The lowest BCUT2D eigenvalue weighted by Gasteiger charge is -2.43. The highest BCUT2D eigenvalue weighted by Gasteiger charge is 2.33. The van der Waals surface area contributed by atoms with Crippen LogP contribution in [-0.4, -0.2) is 36.6 Å². The summed E-state index contributed by atoms with van der Waals surface area (Å²) in [5, 5.41) is 7.30. The van der Waals surface area contributed by atoms with E-state index in [0.717, 1.165) is 19.5 Å². The van der Waals surface area contributed by atoms with Crippen LogP contribution in [0.4, 0.5) is 0 Å². The predicted octanol–water partition coefficient (Wildman–Crippen LogP) is 4.15. The molecule has 1 N–H and O–H groups in total. The second-order valence-electron chi connectivity index (χ2n) is 6.13. The van der Waals surface area contributed by atoms with Crippen molar-refractivity contribution in [2.24, 2.45) is 0 Å². The lowest BCUT2D eigenvalue weighted by molar-refractivity contribution is 0.0945. The van der Waals surface area contributed by atoms with Gasteiger partial charge in [-0.2, -0.15) is 0 Å². The fourth-order valence-electron chi connectivity index (χ4n) is 3.37. The van der Waals surface area contributed by atoms with Crippen LogP contribution in [-0.2, 0) is 6.42 Å². The molecule has 0 radical (unpaired) electrons. The third-order valence-corrected chi connectivity index (χ3v) is 5.78. The molecule has 21 heavy (non-hydrogen) atoms. The van der Waals surface area contributed by atoms with E-state index in [-0.39, 0.29) is 5.54 Å². The molecule has 0 aliphatic heterocycles. The zero-order valence-corrected chi connectivity index (χ0v) is 14.8. The van der Waals surface area contributed by atoms with Crippen LogP contribution in [0.15, 0.2) is 29.6 Å². The monoisotopic (exact) mass is 304 g/mol. The standard InChI is InChI=1S/C18H28N2S/c1-6-20(7-2)18(3,4)17(19-5)12-14-13-21-16-11-9-8-10-15(14)16/h8-11,13,17,19H,6-7,12H2,1-5H3. The van der Waals surface area contributed by atoms with Crippen LogP contribution < -0.4 is 5.32 Å². The van der Waals surface area contributed by atoms with Crippen LogP contribution in [0.5, 0.6) is 0 Å². The normalized spacial score (nSPS) is 14.0. The Morgan fingerprint density at radius 1 is 1.19 bits per heavy atom. The lowest BCUT2D eigenvalue weighted by atomic mass is 9.87. The number of benzene rings is 1. The maximum Gasteiger partial charge on any atom is 0.0345 e. The molecule has 1 heterocycles. The first kappa shape index (κ1) is 16.5. The summed E-state index contributed by atoms with van der Waals surface area (Å²) >= 11 is 1.86. The fraction of sp³-hybridized carbons (Fsp3) is 0.556. The van der Waals surface area contributed by atoms with Crippen LogP contribution in [0.2, 0.25) is 0 Å². The van der Waals surface area contributed by atoms with E-state index < -0.39 is 0 Å². The Morgan fingerprint density at radius 2 is 1.86 bits per heavy atom. The van der Waals surface area contributed by atoms with Crippen molar-refractivity contribution >= 4 is 21.4 Å². The van der Waals surface area contributed by atoms with Crippen molar-refractivity contribution in [3.8, 4) is 0 Å². The van der Waals surface area contributed by atoms with E-state index in [1.165, 1.54) is 15.6 Å². The van der Waals surface area contributed by atoms with Crippen molar-refractivity contribution < 1.29 is 0 Å². The molecule has 0 saturated carbocycles. The zero-order chi connectivity index (χ0) is 15.5. The molecule has 3 heteroatoms. The number of hydrogen-bond acceptors (Lipinski definition) is 3. The van der Waals surface area contributed by atoms with Gasteiger partial charge in [0.15, 0.2) is 0 Å². The van der Waals surface area contributed by atoms with E-state index in [0.29, 0.717) is 6.04 Å². The van der Waals surface area contributed by atoms with Crippen LogP contribution in [0.3, 0.4) is 0 Å². The molecule has 2 nitrogen and oxygen atoms in total. The number of fused-ring (bicyclic) bond motifs is 1. The molecule has 1 aromatic carbocycles. The number of likely N-dealkylation sites (N-methyl/N-ethyl adjacent to an activating group) is 2. The largest absolute Gasteiger partial charge is 0.315 e. The van der Waals surface area contributed by atoms with E-state index in [9.17, 15) is 0 Å². The molecule has 1 aromatic heterocycles. The van der Waals surface area contributed by atoms with Gasteiger partial charge in [0.05, 0.1) is 0 Å². The highest BCUT2D eigenvalue weighted by atomic mass is 32.1. The highest BCUT2D eigenvalue weighted by molar-refractivity contribution is 7.17. The van der Waals surface area contributed by atoms with Gasteiger partial charge in [0.1, 0.15) is 0 Å². The summed E-state index contributed by atoms with van der Waals surface area (Å²) in [5.74, 6) is 0. The van der Waals surface area contributed by atoms with Gasteiger partial charge in [0, 0.05) is 16.3 Å². The Kier molecular flexibility index (Phi) is 5.42. The Morgan fingerprint density at radius 3 is 2.48 bits per heavy atom. The van der Waals surface area contributed by atoms with E-state index in [4.69, 9.17) is 0 Å². The molecule has 1 atom stereocenters. The first-order valence-corrected chi connectivity index (χ1v) is 8.79. The molecule has 0 spiro atoms. The van der Waals surface area contributed by atoms with Gasteiger partial charge in [-0.25, -0.2) is 0 Å². The van der Waals surface area contributed by atoms with Crippen molar-refractivity contribution in [1.82, 2.24) is 10.2 Å². The van der Waals surface area contributed by atoms with Gasteiger partial charge >= 0.3 is 0 Å². The van der Waals surface area contributed by atoms with Gasteiger partial charge in [-0.3, -0.25) is 4.90 Å². The first-order valence-electron chi connectivity index (χ1n) is 7.92. The fourth-order valence-corrected chi connectivity index (χ4v) is 4.35. The van der Waals surface area contributed by atoms with Crippen LogP contribution in [0.25, 0.3) is 10.1 Å². The van der Waals surface area contributed by atoms with E-state index in [1.54, 1.807) is 0 Å². The molecular weight excluding hydrogens is 276 g/mol. The van der Waals surface area contributed by atoms with Gasteiger partial charge in [-0.1, -0.05) is 32.0 Å². The molecular formula is C18H28N2S. The maximum absolute atomic E-state index is 3.56. The zero-order valence-electron chi connectivity index (χ0n) is 13.9. The molecule has 0 aliphatic rings. The SMILES string of the molecule is CCN(CC)C(C)(C)C(Cc1csc2ccccc12)NC. The summed E-state index contributed by atoms with van der Waals surface area (Å²) in [5.41, 5.74) is 1.61. The van der Waals surface area contributed by atoms with E-state index in [2.05, 4.69) is 74.6 Å². The summed E-state index contributed by atoms with van der Waals surface area (Å²) in [6.45, 7) is 11.4. The van der Waals surface area contributed by atoms with Crippen molar-refractivity contribution in [1.29, 1.82) is 0 Å².